The van der Waals surface area contributed by atoms with E-state index in [9.17, 15) is 8.42 Å². The number of benzene rings is 1. The third-order valence-corrected chi connectivity index (χ3v) is 4.47. The van der Waals surface area contributed by atoms with E-state index >= 15 is 0 Å². The molecule has 0 radical (unpaired) electrons. The smallest absolute Gasteiger partial charge is 0.208 e. The molecule has 3 N–H and O–H groups in total. The van der Waals surface area contributed by atoms with Crippen molar-refractivity contribution < 1.29 is 8.42 Å². The van der Waals surface area contributed by atoms with Gasteiger partial charge in [0.05, 0.1) is 12.8 Å². The molecule has 1 unspecified atom stereocenters. The molecule has 0 bridgehead atoms. The fourth-order valence-corrected chi connectivity index (χ4v) is 3.13. The van der Waals surface area contributed by atoms with Crippen LogP contribution in [-0.4, -0.2) is 59.4 Å². The van der Waals surface area contributed by atoms with Gasteiger partial charge in [0.15, 0.2) is 5.96 Å². The standard InChI is InChI=1S/C16H27N5O2S/c1-3-17-16(18-10-11-19-24(2,22)23)20-14-9-12-21(13-14)15-7-5-4-6-8-15/h4-8,14,19H,3,9-13H2,1-2H3,(H2,17,18,20). The maximum absolute atomic E-state index is 11.1. The summed E-state index contributed by atoms with van der Waals surface area (Å²) in [6.45, 7) is 5.41. The van der Waals surface area contributed by atoms with Crippen LogP contribution in [-0.2, 0) is 10.0 Å². The minimum atomic E-state index is -3.16. The molecule has 24 heavy (non-hydrogen) atoms. The molecule has 1 aliphatic rings. The molecule has 1 fully saturated rings. The van der Waals surface area contributed by atoms with Crippen molar-refractivity contribution in [2.45, 2.75) is 19.4 Å². The molecule has 1 atom stereocenters. The topological polar surface area (TPSA) is 85.8 Å². The second-order valence-corrected chi connectivity index (χ2v) is 7.67. The predicted octanol–water partition coefficient (Wildman–Crippen LogP) is 0.370. The summed E-state index contributed by atoms with van der Waals surface area (Å²) in [5, 5.41) is 6.64. The predicted molar refractivity (Wildman–Crippen MR) is 99.0 cm³/mol. The van der Waals surface area contributed by atoms with Crippen LogP contribution in [0, 0.1) is 0 Å². The van der Waals surface area contributed by atoms with Crippen LogP contribution >= 0.6 is 0 Å². The van der Waals surface area contributed by atoms with Gasteiger partial charge in [-0.1, -0.05) is 18.2 Å². The molecule has 2 rings (SSSR count). The minimum absolute atomic E-state index is 0.302. The summed E-state index contributed by atoms with van der Waals surface area (Å²) >= 11 is 0. The molecule has 0 aromatic heterocycles. The Balaban J connectivity index is 1.84. The molecule has 0 amide bonds. The van der Waals surface area contributed by atoms with Gasteiger partial charge in [-0.25, -0.2) is 13.1 Å². The quantitative estimate of drug-likeness (QED) is 0.375. The van der Waals surface area contributed by atoms with Crippen LogP contribution in [0.25, 0.3) is 0 Å². The Labute approximate surface area is 144 Å². The number of guanidine groups is 1. The normalized spacial score (nSPS) is 18.7. The van der Waals surface area contributed by atoms with E-state index in [0.717, 1.165) is 38.3 Å². The van der Waals surface area contributed by atoms with Crippen LogP contribution in [0.2, 0.25) is 0 Å². The average molecular weight is 353 g/mol. The molecule has 1 aliphatic heterocycles. The summed E-state index contributed by atoms with van der Waals surface area (Å²) in [7, 11) is -3.16. The molecule has 8 heteroatoms. The SMILES string of the molecule is CCNC(=NCCNS(C)(=O)=O)NC1CCN(c2ccccc2)C1. The van der Waals surface area contributed by atoms with E-state index in [1.54, 1.807) is 0 Å². The fourth-order valence-electron chi connectivity index (χ4n) is 2.66. The average Bonchev–Trinajstić information content (AvgIpc) is 3.00. The zero-order valence-corrected chi connectivity index (χ0v) is 15.1. The molecule has 1 aromatic rings. The number of sulfonamides is 1. The first-order chi connectivity index (χ1) is 11.5. The monoisotopic (exact) mass is 353 g/mol. The van der Waals surface area contributed by atoms with Crippen molar-refractivity contribution in [3.05, 3.63) is 30.3 Å². The van der Waals surface area contributed by atoms with Crippen LogP contribution in [0.3, 0.4) is 0 Å². The van der Waals surface area contributed by atoms with Crippen molar-refractivity contribution >= 4 is 21.7 Å². The lowest BCUT2D eigenvalue weighted by Crippen LogP contribution is -2.45. The van der Waals surface area contributed by atoms with Gasteiger partial charge in [0.1, 0.15) is 0 Å². The van der Waals surface area contributed by atoms with Crippen LogP contribution in [0.4, 0.5) is 5.69 Å². The zero-order valence-electron chi connectivity index (χ0n) is 14.3. The van der Waals surface area contributed by atoms with Crippen LogP contribution in [0.15, 0.2) is 35.3 Å². The Kier molecular flexibility index (Phi) is 6.86. The van der Waals surface area contributed by atoms with Gasteiger partial charge in [0.25, 0.3) is 0 Å². The molecule has 7 nitrogen and oxygen atoms in total. The maximum Gasteiger partial charge on any atom is 0.208 e. The van der Waals surface area contributed by atoms with Crippen LogP contribution < -0.4 is 20.3 Å². The third-order valence-electron chi connectivity index (χ3n) is 3.74. The number of anilines is 1. The molecule has 0 saturated carbocycles. The van der Waals surface area contributed by atoms with Crippen molar-refractivity contribution in [1.82, 2.24) is 15.4 Å². The molecule has 134 valence electrons. The fraction of sp³-hybridized carbons (Fsp3) is 0.562. The zero-order chi connectivity index (χ0) is 17.4. The second-order valence-electron chi connectivity index (χ2n) is 5.84. The lowest BCUT2D eigenvalue weighted by molar-refractivity contribution is 0.588. The van der Waals surface area contributed by atoms with Gasteiger partial charge in [-0.3, -0.25) is 4.99 Å². The van der Waals surface area contributed by atoms with Gasteiger partial charge in [-0.05, 0) is 25.5 Å². The first kappa shape index (κ1) is 18.5. The Hall–Kier alpha value is -1.80. The van der Waals surface area contributed by atoms with Gasteiger partial charge in [0, 0.05) is 37.9 Å². The number of nitrogens with one attached hydrogen (secondary N) is 3. The Morgan fingerprint density at radius 1 is 1.33 bits per heavy atom. The van der Waals surface area contributed by atoms with Crippen LogP contribution in [0.5, 0.6) is 0 Å². The highest BCUT2D eigenvalue weighted by Crippen LogP contribution is 2.19. The lowest BCUT2D eigenvalue weighted by Gasteiger charge is -2.20. The summed E-state index contributed by atoms with van der Waals surface area (Å²) in [5.74, 6) is 0.729. The van der Waals surface area contributed by atoms with Gasteiger partial charge in [-0.2, -0.15) is 0 Å². The largest absolute Gasteiger partial charge is 0.369 e. The lowest BCUT2D eigenvalue weighted by atomic mass is 10.3. The number of hydrogen-bond donors (Lipinski definition) is 3. The Morgan fingerprint density at radius 2 is 2.08 bits per heavy atom. The maximum atomic E-state index is 11.1. The second kappa shape index (κ2) is 8.89. The Bertz CT molecular complexity index is 633. The molecule has 1 saturated heterocycles. The van der Waals surface area contributed by atoms with E-state index in [0.29, 0.717) is 19.1 Å². The number of hydrogen-bond acceptors (Lipinski definition) is 4. The van der Waals surface area contributed by atoms with Crippen molar-refractivity contribution in [2.24, 2.45) is 4.99 Å². The summed E-state index contributed by atoms with van der Waals surface area (Å²) in [6.07, 6.45) is 2.19. The van der Waals surface area contributed by atoms with E-state index in [-0.39, 0.29) is 0 Å². The molecule has 0 spiro atoms. The van der Waals surface area contributed by atoms with Gasteiger partial charge in [0.2, 0.25) is 10.0 Å². The highest BCUT2D eigenvalue weighted by atomic mass is 32.2. The van der Waals surface area contributed by atoms with E-state index in [2.05, 4.69) is 49.5 Å². The van der Waals surface area contributed by atoms with E-state index in [1.807, 2.05) is 13.0 Å². The Morgan fingerprint density at radius 3 is 2.75 bits per heavy atom. The minimum Gasteiger partial charge on any atom is -0.369 e. The van der Waals surface area contributed by atoms with Crippen LogP contribution in [0.1, 0.15) is 13.3 Å². The summed E-state index contributed by atoms with van der Waals surface area (Å²) in [4.78, 5) is 6.78. The molecule has 0 aliphatic carbocycles. The number of aliphatic imine (C=N–C) groups is 1. The highest BCUT2D eigenvalue weighted by molar-refractivity contribution is 7.88. The summed E-state index contributed by atoms with van der Waals surface area (Å²) in [5.41, 5.74) is 1.24. The first-order valence-corrected chi connectivity index (χ1v) is 10.2. The van der Waals surface area contributed by atoms with E-state index in [4.69, 9.17) is 0 Å². The highest BCUT2D eigenvalue weighted by Gasteiger charge is 2.23. The van der Waals surface area contributed by atoms with Crippen molar-refractivity contribution in [1.29, 1.82) is 0 Å². The van der Waals surface area contributed by atoms with Crippen molar-refractivity contribution in [2.75, 3.05) is 43.9 Å². The van der Waals surface area contributed by atoms with Gasteiger partial charge < -0.3 is 15.5 Å². The molecular formula is C16H27N5O2S. The van der Waals surface area contributed by atoms with Gasteiger partial charge >= 0.3 is 0 Å². The number of rotatable bonds is 7. The van der Waals surface area contributed by atoms with Gasteiger partial charge in [-0.15, -0.1) is 0 Å². The van der Waals surface area contributed by atoms with Crippen molar-refractivity contribution in [3.8, 4) is 0 Å². The molecule has 1 heterocycles. The third kappa shape index (κ3) is 6.37. The number of para-hydroxylation sites is 1. The molecular weight excluding hydrogens is 326 g/mol. The number of nitrogens with zero attached hydrogens (tertiary/aromatic N) is 2. The first-order valence-electron chi connectivity index (χ1n) is 8.27. The van der Waals surface area contributed by atoms with E-state index < -0.39 is 10.0 Å². The summed E-state index contributed by atoms with van der Waals surface area (Å²) in [6, 6.07) is 10.7. The summed E-state index contributed by atoms with van der Waals surface area (Å²) < 4.78 is 24.6. The molecule has 1 aromatic carbocycles. The van der Waals surface area contributed by atoms with Crippen molar-refractivity contribution in [3.63, 3.8) is 0 Å². The van der Waals surface area contributed by atoms with E-state index in [1.165, 1.54) is 5.69 Å².